The van der Waals surface area contributed by atoms with Crippen LogP contribution in [-0.4, -0.2) is 25.5 Å². The average molecular weight is 466 g/mol. The fourth-order valence-corrected chi connectivity index (χ4v) is 4.59. The molecule has 0 fully saturated rings. The Labute approximate surface area is 198 Å². The van der Waals surface area contributed by atoms with Gasteiger partial charge in [-0.1, -0.05) is 24.3 Å². The lowest BCUT2D eigenvalue weighted by Crippen LogP contribution is -2.40. The average Bonchev–Trinajstić information content (AvgIpc) is 2.83. The Hall–Kier alpha value is -3.61. The van der Waals surface area contributed by atoms with Crippen molar-refractivity contribution in [2.24, 2.45) is 5.92 Å². The van der Waals surface area contributed by atoms with E-state index in [0.717, 1.165) is 16.8 Å². The van der Waals surface area contributed by atoms with E-state index in [1.54, 1.807) is 25.1 Å². The number of allylic oxidation sites excluding steroid dienone is 3. The number of hydrogen-bond donors (Lipinski definition) is 1. The molecule has 1 aliphatic heterocycles. The van der Waals surface area contributed by atoms with Crippen molar-refractivity contribution in [3.8, 4) is 11.5 Å². The lowest BCUT2D eigenvalue weighted by molar-refractivity contribution is -0.139. The first-order chi connectivity index (χ1) is 16.4. The fourth-order valence-electron chi connectivity index (χ4n) is 4.59. The molecule has 2 aliphatic rings. The smallest absolute Gasteiger partial charge is 0.336 e. The second-order valence-corrected chi connectivity index (χ2v) is 8.33. The van der Waals surface area contributed by atoms with Crippen LogP contribution in [0.15, 0.2) is 65.5 Å². The number of methoxy groups -OCH3 is 1. The summed E-state index contributed by atoms with van der Waals surface area (Å²) in [6, 6.07) is 11.5. The van der Waals surface area contributed by atoms with Crippen molar-refractivity contribution in [3.05, 3.63) is 82.5 Å². The van der Waals surface area contributed by atoms with Gasteiger partial charge in [-0.3, -0.25) is 4.79 Å². The van der Waals surface area contributed by atoms with Gasteiger partial charge in [-0.2, -0.15) is 0 Å². The molecule has 0 bridgehead atoms. The minimum absolute atomic E-state index is 0.0832. The third-order valence-corrected chi connectivity index (χ3v) is 6.17. The molecule has 34 heavy (non-hydrogen) atoms. The van der Waals surface area contributed by atoms with Crippen LogP contribution in [0.4, 0.5) is 4.39 Å². The van der Waals surface area contributed by atoms with E-state index in [1.165, 1.54) is 19.2 Å². The highest BCUT2D eigenvalue weighted by atomic mass is 19.1. The van der Waals surface area contributed by atoms with Crippen LogP contribution < -0.4 is 14.8 Å². The van der Waals surface area contributed by atoms with E-state index in [0.29, 0.717) is 35.6 Å². The molecule has 0 spiro atoms. The number of nitrogens with one attached hydrogen (secondary N) is 1. The van der Waals surface area contributed by atoms with Gasteiger partial charge in [0.15, 0.2) is 11.5 Å². The van der Waals surface area contributed by atoms with Gasteiger partial charge in [0, 0.05) is 23.7 Å². The highest BCUT2D eigenvalue weighted by Gasteiger charge is 2.43. The SMILES string of the molecule is CCOC(=O)C1=C(C)NC2=CCCC(=O)C2C1c1ccc(OCc2ccc(F)cc2)c(OC)c1. The van der Waals surface area contributed by atoms with Gasteiger partial charge >= 0.3 is 5.97 Å². The molecule has 1 heterocycles. The summed E-state index contributed by atoms with van der Waals surface area (Å²) >= 11 is 0. The molecule has 0 saturated heterocycles. The third-order valence-electron chi connectivity index (χ3n) is 6.17. The van der Waals surface area contributed by atoms with Crippen molar-refractivity contribution in [3.63, 3.8) is 0 Å². The summed E-state index contributed by atoms with van der Waals surface area (Å²) in [5.74, 6) is -0.669. The van der Waals surface area contributed by atoms with Gasteiger partial charge in [-0.25, -0.2) is 9.18 Å². The third kappa shape index (κ3) is 4.69. The normalized spacial score (nSPS) is 19.6. The van der Waals surface area contributed by atoms with E-state index in [4.69, 9.17) is 14.2 Å². The number of halogens is 1. The molecule has 2 unspecified atom stereocenters. The number of hydrogen-bond acceptors (Lipinski definition) is 6. The van der Waals surface area contributed by atoms with Crippen LogP contribution >= 0.6 is 0 Å². The molecule has 1 aliphatic carbocycles. The second kappa shape index (κ2) is 10.1. The minimum Gasteiger partial charge on any atom is -0.493 e. The van der Waals surface area contributed by atoms with Crippen molar-refractivity contribution in [2.45, 2.75) is 39.2 Å². The van der Waals surface area contributed by atoms with Gasteiger partial charge in [0.2, 0.25) is 0 Å². The molecule has 178 valence electrons. The van der Waals surface area contributed by atoms with Crippen LogP contribution in [0, 0.1) is 11.7 Å². The standard InChI is InChI=1S/C27H28FNO5/c1-4-33-27(31)24-16(2)29-20-6-5-7-21(30)26(20)25(24)18-10-13-22(23(14-18)32-3)34-15-17-8-11-19(28)12-9-17/h6,8-14,25-26,29H,4-5,7,15H2,1-3H3. The number of carbonyl (C=O) groups excluding carboxylic acids is 2. The van der Waals surface area contributed by atoms with Crippen LogP contribution in [0.25, 0.3) is 0 Å². The van der Waals surface area contributed by atoms with Crippen LogP contribution in [0.1, 0.15) is 43.7 Å². The van der Waals surface area contributed by atoms with Gasteiger partial charge in [0.05, 0.1) is 25.2 Å². The number of esters is 1. The molecule has 0 radical (unpaired) electrons. The molecule has 0 amide bonds. The number of Topliss-reactive ketones (excluding diaryl/α,β-unsaturated/α-hetero) is 1. The Kier molecular flexibility index (Phi) is 7.01. The maximum Gasteiger partial charge on any atom is 0.336 e. The molecule has 0 aromatic heterocycles. The van der Waals surface area contributed by atoms with E-state index >= 15 is 0 Å². The van der Waals surface area contributed by atoms with Gasteiger partial charge in [-0.15, -0.1) is 0 Å². The second-order valence-electron chi connectivity index (χ2n) is 8.33. The molecular weight excluding hydrogens is 437 g/mol. The molecule has 1 N–H and O–H groups in total. The molecule has 2 atom stereocenters. The van der Waals surface area contributed by atoms with E-state index in [9.17, 15) is 14.0 Å². The molecule has 4 rings (SSSR count). The Morgan fingerprint density at radius 3 is 2.59 bits per heavy atom. The molecule has 6 nitrogen and oxygen atoms in total. The molecule has 2 aromatic rings. The van der Waals surface area contributed by atoms with Crippen molar-refractivity contribution in [1.82, 2.24) is 5.32 Å². The number of carbonyl (C=O) groups is 2. The Morgan fingerprint density at radius 2 is 1.88 bits per heavy atom. The summed E-state index contributed by atoms with van der Waals surface area (Å²) in [7, 11) is 1.54. The molecule has 7 heteroatoms. The molecular formula is C27H28FNO5. The van der Waals surface area contributed by atoms with Gasteiger partial charge in [0.25, 0.3) is 0 Å². The first-order valence-electron chi connectivity index (χ1n) is 11.4. The summed E-state index contributed by atoms with van der Waals surface area (Å²) in [5, 5.41) is 3.26. The number of benzene rings is 2. The highest BCUT2D eigenvalue weighted by molar-refractivity contribution is 5.96. The monoisotopic (exact) mass is 465 g/mol. The van der Waals surface area contributed by atoms with E-state index in [1.807, 2.05) is 25.1 Å². The summed E-state index contributed by atoms with van der Waals surface area (Å²) in [6.45, 7) is 4.06. The lowest BCUT2D eigenvalue weighted by Gasteiger charge is -2.38. The number of ether oxygens (including phenoxy) is 3. The minimum atomic E-state index is -0.501. The van der Waals surface area contributed by atoms with Crippen molar-refractivity contribution in [1.29, 1.82) is 0 Å². The van der Waals surface area contributed by atoms with Gasteiger partial charge < -0.3 is 19.5 Å². The Morgan fingerprint density at radius 1 is 1.12 bits per heavy atom. The Bertz CT molecular complexity index is 1150. The number of rotatable bonds is 7. The Balaban J connectivity index is 1.70. The van der Waals surface area contributed by atoms with Crippen molar-refractivity contribution < 1.29 is 28.2 Å². The predicted molar refractivity (Wildman–Crippen MR) is 125 cm³/mol. The summed E-state index contributed by atoms with van der Waals surface area (Å²) in [6.07, 6.45) is 3.13. The number of ketones is 1. The predicted octanol–water partition coefficient (Wildman–Crippen LogP) is 4.80. The maximum absolute atomic E-state index is 13.2. The molecule has 2 aromatic carbocycles. The van der Waals surface area contributed by atoms with Crippen LogP contribution in [0.2, 0.25) is 0 Å². The zero-order chi connectivity index (χ0) is 24.2. The quantitative estimate of drug-likeness (QED) is 0.592. The van der Waals surface area contributed by atoms with E-state index < -0.39 is 17.8 Å². The van der Waals surface area contributed by atoms with E-state index in [2.05, 4.69) is 5.32 Å². The largest absolute Gasteiger partial charge is 0.493 e. The van der Waals surface area contributed by atoms with Crippen LogP contribution in [0.5, 0.6) is 11.5 Å². The topological polar surface area (TPSA) is 73.9 Å². The van der Waals surface area contributed by atoms with Gasteiger partial charge in [0.1, 0.15) is 18.2 Å². The van der Waals surface area contributed by atoms with Gasteiger partial charge in [-0.05, 0) is 55.7 Å². The summed E-state index contributed by atoms with van der Waals surface area (Å²) < 4.78 is 30.0. The number of fused-ring (bicyclic) bond motifs is 1. The maximum atomic E-state index is 13.2. The zero-order valence-corrected chi connectivity index (χ0v) is 19.5. The summed E-state index contributed by atoms with van der Waals surface area (Å²) in [4.78, 5) is 26.0. The van der Waals surface area contributed by atoms with Crippen LogP contribution in [0.3, 0.4) is 0 Å². The molecule has 0 saturated carbocycles. The highest BCUT2D eigenvalue weighted by Crippen LogP contribution is 2.45. The zero-order valence-electron chi connectivity index (χ0n) is 19.5. The first kappa shape index (κ1) is 23.5. The van der Waals surface area contributed by atoms with Crippen molar-refractivity contribution in [2.75, 3.05) is 13.7 Å². The van der Waals surface area contributed by atoms with Crippen molar-refractivity contribution >= 4 is 11.8 Å². The first-order valence-corrected chi connectivity index (χ1v) is 11.4. The van der Waals surface area contributed by atoms with E-state index in [-0.39, 0.29) is 24.8 Å². The lowest BCUT2D eigenvalue weighted by atomic mass is 9.71. The van der Waals surface area contributed by atoms with Crippen LogP contribution in [-0.2, 0) is 20.9 Å². The fraction of sp³-hybridized carbons (Fsp3) is 0.333. The summed E-state index contributed by atoms with van der Waals surface area (Å²) in [5.41, 5.74) is 3.53.